The fraction of sp³-hybridized carbons (Fsp3) is 1.00. The van der Waals surface area contributed by atoms with Gasteiger partial charge in [0.15, 0.2) is 0 Å². The van der Waals surface area contributed by atoms with Gasteiger partial charge in [-0.1, -0.05) is 13.8 Å². The summed E-state index contributed by atoms with van der Waals surface area (Å²) < 4.78 is 0. The first kappa shape index (κ1) is 11.9. The molecule has 0 saturated heterocycles. The first-order valence-corrected chi connectivity index (χ1v) is 4.66. The lowest BCUT2D eigenvalue weighted by Crippen LogP contribution is -2.48. The molecule has 12 heavy (non-hydrogen) atoms. The van der Waals surface area contributed by atoms with Crippen molar-refractivity contribution in [2.75, 3.05) is 19.6 Å². The Bertz CT molecular complexity index is 110. The molecule has 0 atom stereocenters. The molecule has 3 heteroatoms. The van der Waals surface area contributed by atoms with Crippen molar-refractivity contribution in [3.63, 3.8) is 0 Å². The highest BCUT2D eigenvalue weighted by atomic mass is 15.0. The lowest BCUT2D eigenvalue weighted by atomic mass is 10.1. The Labute approximate surface area is 76.1 Å². The maximum absolute atomic E-state index is 5.57. The average molecular weight is 173 g/mol. The van der Waals surface area contributed by atoms with Gasteiger partial charge in [-0.2, -0.15) is 0 Å². The minimum absolute atomic E-state index is 0.0681. The first-order valence-electron chi connectivity index (χ1n) is 4.66. The molecule has 0 aromatic rings. The molecule has 0 aliphatic rings. The van der Waals surface area contributed by atoms with Crippen LogP contribution in [0.5, 0.6) is 0 Å². The quantitative estimate of drug-likeness (QED) is 0.507. The van der Waals surface area contributed by atoms with Gasteiger partial charge in [-0.25, -0.2) is 0 Å². The van der Waals surface area contributed by atoms with E-state index in [-0.39, 0.29) is 5.54 Å². The summed E-state index contributed by atoms with van der Waals surface area (Å²) >= 11 is 0. The summed E-state index contributed by atoms with van der Waals surface area (Å²) in [6.07, 6.45) is 0. The van der Waals surface area contributed by atoms with Gasteiger partial charge in [-0.3, -0.25) is 0 Å². The van der Waals surface area contributed by atoms with Crippen molar-refractivity contribution in [1.82, 2.24) is 10.6 Å². The standard InChI is InChI=1S/C9H23N3/c1-8(2)11-5-6-12-9(3,4)7-10/h8,11-12H,5-7,10H2,1-4H3. The Kier molecular flexibility index (Phi) is 5.46. The summed E-state index contributed by atoms with van der Waals surface area (Å²) in [7, 11) is 0. The Balaban J connectivity index is 3.31. The molecule has 0 bridgehead atoms. The van der Waals surface area contributed by atoms with Gasteiger partial charge in [0.1, 0.15) is 0 Å². The van der Waals surface area contributed by atoms with Crippen molar-refractivity contribution in [2.45, 2.75) is 39.3 Å². The van der Waals surface area contributed by atoms with E-state index in [0.29, 0.717) is 12.6 Å². The third-order valence-corrected chi connectivity index (χ3v) is 1.79. The van der Waals surface area contributed by atoms with E-state index in [1.807, 2.05) is 0 Å². The third kappa shape index (κ3) is 6.58. The van der Waals surface area contributed by atoms with E-state index in [4.69, 9.17) is 5.73 Å². The Morgan fingerprint density at radius 3 is 2.25 bits per heavy atom. The Morgan fingerprint density at radius 1 is 1.25 bits per heavy atom. The van der Waals surface area contributed by atoms with Crippen LogP contribution in [0.4, 0.5) is 0 Å². The van der Waals surface area contributed by atoms with E-state index in [1.54, 1.807) is 0 Å². The summed E-state index contributed by atoms with van der Waals surface area (Å²) in [4.78, 5) is 0. The second-order valence-electron chi connectivity index (χ2n) is 4.12. The molecule has 0 saturated carbocycles. The summed E-state index contributed by atoms with van der Waals surface area (Å²) in [5.74, 6) is 0. The van der Waals surface area contributed by atoms with E-state index in [1.165, 1.54) is 0 Å². The van der Waals surface area contributed by atoms with Crippen LogP contribution in [-0.4, -0.2) is 31.2 Å². The maximum atomic E-state index is 5.57. The van der Waals surface area contributed by atoms with Gasteiger partial charge in [-0.05, 0) is 13.8 Å². The van der Waals surface area contributed by atoms with Crippen molar-refractivity contribution >= 4 is 0 Å². The molecule has 0 spiro atoms. The highest BCUT2D eigenvalue weighted by Crippen LogP contribution is 1.96. The number of rotatable bonds is 6. The van der Waals surface area contributed by atoms with Gasteiger partial charge >= 0.3 is 0 Å². The predicted octanol–water partition coefficient (Wildman–Crippen LogP) is 0.311. The van der Waals surface area contributed by atoms with Gasteiger partial charge in [0.2, 0.25) is 0 Å². The van der Waals surface area contributed by atoms with Gasteiger partial charge < -0.3 is 16.4 Å². The van der Waals surface area contributed by atoms with E-state index < -0.39 is 0 Å². The van der Waals surface area contributed by atoms with Crippen LogP contribution in [0.2, 0.25) is 0 Å². The maximum Gasteiger partial charge on any atom is 0.0247 e. The van der Waals surface area contributed by atoms with Crippen molar-refractivity contribution in [3.8, 4) is 0 Å². The lowest BCUT2D eigenvalue weighted by molar-refractivity contribution is 0.392. The molecule has 0 unspecified atom stereocenters. The number of nitrogens with one attached hydrogen (secondary N) is 2. The van der Waals surface area contributed by atoms with Crippen LogP contribution in [0.25, 0.3) is 0 Å². The van der Waals surface area contributed by atoms with E-state index in [2.05, 4.69) is 38.3 Å². The molecule has 0 aromatic heterocycles. The molecule has 0 rings (SSSR count). The van der Waals surface area contributed by atoms with Gasteiger partial charge in [0, 0.05) is 31.2 Å². The predicted molar refractivity (Wildman–Crippen MR) is 54.3 cm³/mol. The Hall–Kier alpha value is -0.120. The normalized spacial score (nSPS) is 12.5. The highest BCUT2D eigenvalue weighted by molar-refractivity contribution is 4.78. The van der Waals surface area contributed by atoms with Crippen LogP contribution in [0.3, 0.4) is 0 Å². The molecule has 0 amide bonds. The molecule has 0 heterocycles. The zero-order chi connectivity index (χ0) is 9.61. The summed E-state index contributed by atoms with van der Waals surface area (Å²) in [6, 6.07) is 0.563. The van der Waals surface area contributed by atoms with Gasteiger partial charge in [0.25, 0.3) is 0 Å². The zero-order valence-electron chi connectivity index (χ0n) is 8.78. The minimum Gasteiger partial charge on any atom is -0.329 e. The topological polar surface area (TPSA) is 50.1 Å². The van der Waals surface area contributed by atoms with E-state index in [0.717, 1.165) is 13.1 Å². The molecule has 3 nitrogen and oxygen atoms in total. The molecule has 0 fully saturated rings. The number of nitrogens with two attached hydrogens (primary N) is 1. The molecule has 0 aromatic carbocycles. The van der Waals surface area contributed by atoms with Crippen LogP contribution in [0.15, 0.2) is 0 Å². The summed E-state index contributed by atoms with van der Waals surface area (Å²) in [5.41, 5.74) is 5.63. The van der Waals surface area contributed by atoms with Crippen LogP contribution in [-0.2, 0) is 0 Å². The number of hydrogen-bond acceptors (Lipinski definition) is 3. The largest absolute Gasteiger partial charge is 0.329 e. The summed E-state index contributed by atoms with van der Waals surface area (Å²) in [5, 5.41) is 6.72. The first-order chi connectivity index (χ1) is 5.48. The van der Waals surface area contributed by atoms with Crippen LogP contribution < -0.4 is 16.4 Å². The average Bonchev–Trinajstić information content (AvgIpc) is 1.98. The molecule has 0 aliphatic heterocycles. The minimum atomic E-state index is 0.0681. The molecular weight excluding hydrogens is 150 g/mol. The smallest absolute Gasteiger partial charge is 0.0247 e. The van der Waals surface area contributed by atoms with Gasteiger partial charge in [0.05, 0.1) is 0 Å². The second-order valence-corrected chi connectivity index (χ2v) is 4.12. The van der Waals surface area contributed by atoms with Crippen LogP contribution in [0.1, 0.15) is 27.7 Å². The highest BCUT2D eigenvalue weighted by Gasteiger charge is 2.12. The fourth-order valence-electron chi connectivity index (χ4n) is 0.834. The lowest BCUT2D eigenvalue weighted by Gasteiger charge is -2.24. The van der Waals surface area contributed by atoms with E-state index in [9.17, 15) is 0 Å². The van der Waals surface area contributed by atoms with Crippen molar-refractivity contribution in [3.05, 3.63) is 0 Å². The molecule has 74 valence electrons. The molecule has 0 aliphatic carbocycles. The van der Waals surface area contributed by atoms with Crippen molar-refractivity contribution in [2.24, 2.45) is 5.73 Å². The van der Waals surface area contributed by atoms with Crippen molar-refractivity contribution in [1.29, 1.82) is 0 Å². The second kappa shape index (κ2) is 5.51. The summed E-state index contributed by atoms with van der Waals surface area (Å²) in [6.45, 7) is 11.2. The molecular formula is C9H23N3. The van der Waals surface area contributed by atoms with Crippen LogP contribution in [0, 0.1) is 0 Å². The van der Waals surface area contributed by atoms with Gasteiger partial charge in [-0.15, -0.1) is 0 Å². The molecule has 4 N–H and O–H groups in total. The third-order valence-electron chi connectivity index (χ3n) is 1.79. The number of hydrogen-bond donors (Lipinski definition) is 3. The van der Waals surface area contributed by atoms with Crippen molar-refractivity contribution < 1.29 is 0 Å². The zero-order valence-corrected chi connectivity index (χ0v) is 8.78. The fourth-order valence-corrected chi connectivity index (χ4v) is 0.834. The van der Waals surface area contributed by atoms with E-state index >= 15 is 0 Å². The molecule has 0 radical (unpaired) electrons. The van der Waals surface area contributed by atoms with Crippen LogP contribution >= 0.6 is 0 Å². The Morgan fingerprint density at radius 2 is 1.83 bits per heavy atom. The SMILES string of the molecule is CC(C)NCCNC(C)(C)CN. The monoisotopic (exact) mass is 173 g/mol.